The van der Waals surface area contributed by atoms with Gasteiger partial charge in [-0.1, -0.05) is 0 Å². The maximum Gasteiger partial charge on any atom is 0.261 e. The van der Waals surface area contributed by atoms with Crippen molar-refractivity contribution >= 4 is 35.0 Å². The molecule has 0 spiro atoms. The molecule has 0 saturated heterocycles. The zero-order chi connectivity index (χ0) is 14.0. The Kier molecular flexibility index (Phi) is 3.85. The van der Waals surface area contributed by atoms with Crippen molar-refractivity contribution in [3.8, 4) is 0 Å². The number of halogens is 1. The fourth-order valence-corrected chi connectivity index (χ4v) is 2.02. The molecule has 0 aromatic heterocycles. The number of benzene rings is 1. The number of rotatable bonds is 4. The van der Waals surface area contributed by atoms with Gasteiger partial charge in [-0.05, 0) is 24.6 Å². The van der Waals surface area contributed by atoms with Gasteiger partial charge in [0, 0.05) is 25.0 Å². The van der Waals surface area contributed by atoms with Crippen molar-refractivity contribution in [3.63, 3.8) is 0 Å². The summed E-state index contributed by atoms with van der Waals surface area (Å²) in [7, 11) is 1.43. The van der Waals surface area contributed by atoms with E-state index >= 15 is 0 Å². The molecule has 1 aromatic rings. The van der Waals surface area contributed by atoms with E-state index in [1.165, 1.54) is 13.1 Å². The minimum atomic E-state index is -0.350. The molecule has 1 aliphatic rings. The van der Waals surface area contributed by atoms with E-state index in [1.54, 1.807) is 12.1 Å². The van der Waals surface area contributed by atoms with E-state index in [-0.39, 0.29) is 17.7 Å². The maximum atomic E-state index is 11.8. The van der Waals surface area contributed by atoms with E-state index in [0.29, 0.717) is 35.5 Å². The molecule has 0 aliphatic carbocycles. The molecule has 0 atom stereocenters. The lowest BCUT2D eigenvalue weighted by molar-refractivity contribution is -0.116. The van der Waals surface area contributed by atoms with E-state index in [9.17, 15) is 14.4 Å². The second kappa shape index (κ2) is 5.40. The molecule has 1 aliphatic heterocycles. The Morgan fingerprint density at radius 2 is 1.95 bits per heavy atom. The van der Waals surface area contributed by atoms with Gasteiger partial charge in [-0.3, -0.25) is 19.3 Å². The van der Waals surface area contributed by atoms with Crippen LogP contribution in [0.15, 0.2) is 18.2 Å². The lowest BCUT2D eigenvalue weighted by Crippen LogP contribution is -2.24. The lowest BCUT2D eigenvalue weighted by Gasteiger charge is -2.05. The number of nitrogens with one attached hydrogen (secondary N) is 1. The van der Waals surface area contributed by atoms with Gasteiger partial charge in [0.1, 0.15) is 0 Å². The Balaban J connectivity index is 2.17. The van der Waals surface area contributed by atoms with Crippen LogP contribution < -0.4 is 5.32 Å². The highest BCUT2D eigenvalue weighted by Gasteiger charge is 2.32. The summed E-state index contributed by atoms with van der Waals surface area (Å²) in [5, 5.41) is 2.68. The van der Waals surface area contributed by atoms with Gasteiger partial charge in [0.05, 0.1) is 11.1 Å². The van der Waals surface area contributed by atoms with Crippen LogP contribution in [0.25, 0.3) is 0 Å². The van der Waals surface area contributed by atoms with Gasteiger partial charge < -0.3 is 5.32 Å². The molecule has 0 unspecified atom stereocenters. The number of anilines is 1. The van der Waals surface area contributed by atoms with Gasteiger partial charge >= 0.3 is 0 Å². The first kappa shape index (κ1) is 13.5. The Hall–Kier alpha value is -1.88. The quantitative estimate of drug-likeness (QED) is 0.676. The number of carbonyl (C=O) groups is 3. The topological polar surface area (TPSA) is 66.5 Å². The molecule has 5 nitrogen and oxygen atoms in total. The van der Waals surface area contributed by atoms with E-state index in [4.69, 9.17) is 11.6 Å². The van der Waals surface area contributed by atoms with Crippen LogP contribution in [0.2, 0.25) is 0 Å². The zero-order valence-electron chi connectivity index (χ0n) is 10.4. The molecule has 19 heavy (non-hydrogen) atoms. The molecule has 3 amide bonds. The molecule has 1 heterocycles. The SMILES string of the molecule is CN1C(=O)c2ccc(NC(=O)CCCCl)cc2C1=O. The first-order valence-corrected chi connectivity index (χ1v) is 6.40. The van der Waals surface area contributed by atoms with Crippen molar-refractivity contribution in [2.24, 2.45) is 0 Å². The summed E-state index contributed by atoms with van der Waals surface area (Å²) >= 11 is 5.51. The highest BCUT2D eigenvalue weighted by Crippen LogP contribution is 2.24. The number of hydrogen-bond acceptors (Lipinski definition) is 3. The minimum absolute atomic E-state index is 0.161. The Morgan fingerprint density at radius 1 is 1.26 bits per heavy atom. The summed E-state index contributed by atoms with van der Waals surface area (Å²) in [6.07, 6.45) is 0.922. The van der Waals surface area contributed by atoms with Gasteiger partial charge in [0.2, 0.25) is 5.91 Å². The average Bonchev–Trinajstić information content (AvgIpc) is 2.61. The van der Waals surface area contributed by atoms with Crippen LogP contribution >= 0.6 is 11.6 Å². The van der Waals surface area contributed by atoms with E-state index in [2.05, 4.69) is 5.32 Å². The number of nitrogens with zero attached hydrogens (tertiary/aromatic N) is 1. The van der Waals surface area contributed by atoms with Gasteiger partial charge in [-0.15, -0.1) is 11.6 Å². The summed E-state index contributed by atoms with van der Waals surface area (Å²) in [6.45, 7) is 0. The number of imide groups is 1. The average molecular weight is 281 g/mol. The monoisotopic (exact) mass is 280 g/mol. The molecule has 0 bridgehead atoms. The Morgan fingerprint density at radius 3 is 2.63 bits per heavy atom. The summed E-state index contributed by atoms with van der Waals surface area (Å²) < 4.78 is 0. The molecule has 6 heteroatoms. The number of carbonyl (C=O) groups excluding carboxylic acids is 3. The summed E-state index contributed by atoms with van der Waals surface area (Å²) in [4.78, 5) is 36.1. The minimum Gasteiger partial charge on any atom is -0.326 e. The van der Waals surface area contributed by atoms with E-state index in [0.717, 1.165) is 4.90 Å². The van der Waals surface area contributed by atoms with Gasteiger partial charge in [-0.2, -0.15) is 0 Å². The maximum absolute atomic E-state index is 11.8. The van der Waals surface area contributed by atoms with Crippen molar-refractivity contribution in [2.75, 3.05) is 18.2 Å². The van der Waals surface area contributed by atoms with Crippen molar-refractivity contribution < 1.29 is 14.4 Å². The number of amides is 3. The summed E-state index contributed by atoms with van der Waals surface area (Å²) in [5.41, 5.74) is 1.20. The van der Waals surface area contributed by atoms with Crippen LogP contribution in [0, 0.1) is 0 Å². The first-order chi connectivity index (χ1) is 9.04. The van der Waals surface area contributed by atoms with Gasteiger partial charge in [0.25, 0.3) is 11.8 Å². The third-order valence-corrected chi connectivity index (χ3v) is 3.18. The van der Waals surface area contributed by atoms with Crippen LogP contribution in [0.3, 0.4) is 0 Å². The second-order valence-electron chi connectivity index (χ2n) is 4.27. The van der Waals surface area contributed by atoms with Crippen LogP contribution in [-0.2, 0) is 4.79 Å². The fourth-order valence-electron chi connectivity index (χ4n) is 1.89. The zero-order valence-corrected chi connectivity index (χ0v) is 11.2. The molecule has 100 valence electrons. The molecule has 0 saturated carbocycles. The third kappa shape index (κ3) is 2.61. The largest absolute Gasteiger partial charge is 0.326 e. The van der Waals surface area contributed by atoms with Crippen LogP contribution in [0.4, 0.5) is 5.69 Å². The van der Waals surface area contributed by atoms with Gasteiger partial charge in [0.15, 0.2) is 0 Å². The van der Waals surface area contributed by atoms with Crippen molar-refractivity contribution in [3.05, 3.63) is 29.3 Å². The molecular weight excluding hydrogens is 268 g/mol. The number of alkyl halides is 1. The molecule has 0 fully saturated rings. The normalized spacial score (nSPS) is 13.7. The van der Waals surface area contributed by atoms with Crippen molar-refractivity contribution in [2.45, 2.75) is 12.8 Å². The van der Waals surface area contributed by atoms with Gasteiger partial charge in [-0.25, -0.2) is 0 Å². The van der Waals surface area contributed by atoms with Crippen molar-refractivity contribution in [1.29, 1.82) is 0 Å². The molecule has 1 N–H and O–H groups in total. The van der Waals surface area contributed by atoms with E-state index < -0.39 is 0 Å². The third-order valence-electron chi connectivity index (χ3n) is 2.91. The van der Waals surface area contributed by atoms with Crippen LogP contribution in [-0.4, -0.2) is 35.5 Å². The Bertz CT molecular complexity index is 557. The molecule has 1 aromatic carbocycles. The summed E-state index contributed by atoms with van der Waals surface area (Å²) in [6, 6.07) is 4.69. The number of hydrogen-bond donors (Lipinski definition) is 1. The van der Waals surface area contributed by atoms with Crippen molar-refractivity contribution in [1.82, 2.24) is 4.90 Å². The first-order valence-electron chi connectivity index (χ1n) is 5.87. The van der Waals surface area contributed by atoms with E-state index in [1.807, 2.05) is 0 Å². The summed E-state index contributed by atoms with van der Waals surface area (Å²) in [5.74, 6) is -0.405. The highest BCUT2D eigenvalue weighted by atomic mass is 35.5. The lowest BCUT2D eigenvalue weighted by atomic mass is 10.1. The second-order valence-corrected chi connectivity index (χ2v) is 4.65. The smallest absolute Gasteiger partial charge is 0.261 e. The predicted molar refractivity (Wildman–Crippen MR) is 71.4 cm³/mol. The predicted octanol–water partition coefficient (Wildman–Crippen LogP) is 1.87. The Labute approximate surface area is 115 Å². The van der Waals surface area contributed by atoms with Crippen LogP contribution in [0.1, 0.15) is 33.6 Å². The standard InChI is InChI=1S/C13H13ClN2O3/c1-16-12(18)9-5-4-8(7-10(9)13(16)19)15-11(17)3-2-6-14/h4-5,7H,2-3,6H2,1H3,(H,15,17). The molecular formula is C13H13ClN2O3. The highest BCUT2D eigenvalue weighted by molar-refractivity contribution is 6.21. The molecule has 0 radical (unpaired) electrons. The fraction of sp³-hybridized carbons (Fsp3) is 0.308. The van der Waals surface area contributed by atoms with Crippen LogP contribution in [0.5, 0.6) is 0 Å². The number of fused-ring (bicyclic) bond motifs is 1. The molecule has 2 rings (SSSR count).